The monoisotopic (exact) mass is 240 g/mol. The molecular weight excluding hydrogens is 220 g/mol. The summed E-state index contributed by atoms with van der Waals surface area (Å²) in [6, 6.07) is 0.848. The third-order valence-corrected chi connectivity index (χ3v) is 3.88. The van der Waals surface area contributed by atoms with Crippen LogP contribution in [0, 0.1) is 0 Å². The summed E-state index contributed by atoms with van der Waals surface area (Å²) in [4.78, 5) is 6.94. The molecule has 5 heteroatoms. The van der Waals surface area contributed by atoms with Crippen molar-refractivity contribution in [2.45, 2.75) is 51.6 Å². The fourth-order valence-corrected chi connectivity index (χ4v) is 3.02. The molecule has 2 unspecified atom stereocenters. The molecule has 16 heavy (non-hydrogen) atoms. The summed E-state index contributed by atoms with van der Waals surface area (Å²) < 4.78 is 4.39. The van der Waals surface area contributed by atoms with E-state index in [4.69, 9.17) is 5.73 Å². The Balaban J connectivity index is 2.05. The van der Waals surface area contributed by atoms with Crippen molar-refractivity contribution in [3.8, 4) is 0 Å². The zero-order valence-corrected chi connectivity index (χ0v) is 10.8. The normalized spacial score (nSPS) is 26.1. The van der Waals surface area contributed by atoms with Gasteiger partial charge >= 0.3 is 0 Å². The Hall–Kier alpha value is -0.680. The summed E-state index contributed by atoms with van der Waals surface area (Å²) in [5, 5.41) is 1.07. The molecule has 1 aliphatic heterocycles. The topological polar surface area (TPSA) is 55.0 Å². The Morgan fingerprint density at radius 1 is 1.56 bits per heavy atom. The van der Waals surface area contributed by atoms with Gasteiger partial charge in [0.2, 0.25) is 5.13 Å². The molecule has 90 valence electrons. The first kappa shape index (κ1) is 11.8. The highest BCUT2D eigenvalue weighted by Crippen LogP contribution is 2.25. The van der Waals surface area contributed by atoms with Gasteiger partial charge in [-0.2, -0.15) is 4.37 Å². The van der Waals surface area contributed by atoms with Gasteiger partial charge in [0.15, 0.2) is 0 Å². The molecule has 2 atom stereocenters. The first-order chi connectivity index (χ1) is 7.70. The van der Waals surface area contributed by atoms with Crippen molar-refractivity contribution in [2.24, 2.45) is 5.73 Å². The molecule has 1 saturated heterocycles. The molecule has 1 aliphatic rings. The minimum absolute atomic E-state index is 0.356. The van der Waals surface area contributed by atoms with E-state index in [0.717, 1.165) is 43.2 Å². The van der Waals surface area contributed by atoms with Crippen molar-refractivity contribution in [3.63, 3.8) is 0 Å². The van der Waals surface area contributed by atoms with Gasteiger partial charge in [-0.15, -0.1) is 0 Å². The summed E-state index contributed by atoms with van der Waals surface area (Å²) in [5.74, 6) is 0.990. The van der Waals surface area contributed by atoms with Gasteiger partial charge < -0.3 is 10.6 Å². The molecule has 2 rings (SSSR count). The largest absolute Gasteiger partial charge is 0.344 e. The summed E-state index contributed by atoms with van der Waals surface area (Å²) in [5.41, 5.74) is 5.96. The van der Waals surface area contributed by atoms with Crippen LogP contribution in [0.15, 0.2) is 0 Å². The predicted octanol–water partition coefficient (Wildman–Crippen LogP) is 1.81. The second kappa shape index (κ2) is 5.10. The fraction of sp³-hybridized carbons (Fsp3) is 0.818. The fourth-order valence-electron chi connectivity index (χ4n) is 2.18. The van der Waals surface area contributed by atoms with Crippen LogP contribution in [0.4, 0.5) is 5.13 Å². The number of nitrogens with zero attached hydrogens (tertiary/aromatic N) is 3. The highest BCUT2D eigenvalue weighted by Gasteiger charge is 2.25. The number of hydrogen-bond acceptors (Lipinski definition) is 5. The molecule has 1 aromatic rings. The number of anilines is 1. The molecule has 2 N–H and O–H groups in total. The number of rotatable bonds is 3. The lowest BCUT2D eigenvalue weighted by atomic mass is 10.00. The lowest BCUT2D eigenvalue weighted by molar-refractivity contribution is 0.429. The Morgan fingerprint density at radius 3 is 3.06 bits per heavy atom. The second-order valence-corrected chi connectivity index (χ2v) is 5.30. The van der Waals surface area contributed by atoms with Crippen molar-refractivity contribution in [3.05, 3.63) is 5.82 Å². The Morgan fingerprint density at radius 2 is 2.38 bits per heavy atom. The molecule has 0 saturated carbocycles. The molecule has 1 fully saturated rings. The van der Waals surface area contributed by atoms with Crippen LogP contribution in [0.1, 0.15) is 38.9 Å². The number of hydrogen-bond donors (Lipinski definition) is 1. The molecular formula is C11H20N4S. The molecule has 2 heterocycles. The van der Waals surface area contributed by atoms with Crippen molar-refractivity contribution in [2.75, 3.05) is 11.4 Å². The summed E-state index contributed by atoms with van der Waals surface area (Å²) in [6.07, 6.45) is 4.21. The third kappa shape index (κ3) is 2.52. The standard InChI is InChI=1S/C11H20N4S/c1-3-4-10-13-11(16-14-10)15-6-5-9(12)7-8(15)2/h8-9H,3-7,12H2,1-2H3. The van der Waals surface area contributed by atoms with Gasteiger partial charge in [0.1, 0.15) is 5.82 Å². The average Bonchev–Trinajstić information content (AvgIpc) is 2.67. The van der Waals surface area contributed by atoms with Gasteiger partial charge in [0, 0.05) is 36.6 Å². The van der Waals surface area contributed by atoms with Crippen LogP contribution in [0.5, 0.6) is 0 Å². The average molecular weight is 240 g/mol. The van der Waals surface area contributed by atoms with E-state index in [0.29, 0.717) is 12.1 Å². The lowest BCUT2D eigenvalue weighted by Gasteiger charge is -2.35. The highest BCUT2D eigenvalue weighted by atomic mass is 32.1. The van der Waals surface area contributed by atoms with Gasteiger partial charge in [-0.25, -0.2) is 4.98 Å². The van der Waals surface area contributed by atoms with Crippen LogP contribution in [0.25, 0.3) is 0 Å². The maximum atomic E-state index is 5.96. The Bertz CT molecular complexity index is 338. The molecule has 0 amide bonds. The van der Waals surface area contributed by atoms with Crippen LogP contribution in [-0.2, 0) is 6.42 Å². The molecule has 0 aromatic carbocycles. The number of piperidine rings is 1. The van der Waals surface area contributed by atoms with Crippen molar-refractivity contribution in [1.82, 2.24) is 9.36 Å². The zero-order chi connectivity index (χ0) is 11.5. The van der Waals surface area contributed by atoms with Gasteiger partial charge in [0.05, 0.1) is 0 Å². The minimum atomic E-state index is 0.356. The smallest absolute Gasteiger partial charge is 0.205 e. The number of aromatic nitrogens is 2. The Labute approximate surface area is 101 Å². The van der Waals surface area contributed by atoms with E-state index in [9.17, 15) is 0 Å². The van der Waals surface area contributed by atoms with Crippen LogP contribution < -0.4 is 10.6 Å². The minimum Gasteiger partial charge on any atom is -0.344 e. The van der Waals surface area contributed by atoms with Gasteiger partial charge in [-0.1, -0.05) is 6.92 Å². The summed E-state index contributed by atoms with van der Waals surface area (Å²) >= 11 is 1.52. The van der Waals surface area contributed by atoms with E-state index in [1.807, 2.05) is 0 Å². The molecule has 4 nitrogen and oxygen atoms in total. The number of nitrogens with two attached hydrogens (primary N) is 1. The van der Waals surface area contributed by atoms with E-state index in [-0.39, 0.29) is 0 Å². The molecule has 1 aromatic heterocycles. The van der Waals surface area contributed by atoms with E-state index in [2.05, 4.69) is 28.1 Å². The van der Waals surface area contributed by atoms with Gasteiger partial charge in [0.25, 0.3) is 0 Å². The second-order valence-electron chi connectivity index (χ2n) is 4.57. The molecule has 0 spiro atoms. The third-order valence-electron chi connectivity index (χ3n) is 3.09. The molecule has 0 aliphatic carbocycles. The summed E-state index contributed by atoms with van der Waals surface area (Å²) in [7, 11) is 0. The van der Waals surface area contributed by atoms with Crippen molar-refractivity contribution >= 4 is 16.7 Å². The van der Waals surface area contributed by atoms with Gasteiger partial charge in [-0.05, 0) is 26.2 Å². The maximum absolute atomic E-state index is 5.96. The first-order valence-corrected chi connectivity index (χ1v) is 6.83. The van der Waals surface area contributed by atoms with Crippen molar-refractivity contribution in [1.29, 1.82) is 0 Å². The quantitative estimate of drug-likeness (QED) is 0.875. The SMILES string of the molecule is CCCc1nsc(N2CCC(N)CC2C)n1. The van der Waals surface area contributed by atoms with Crippen molar-refractivity contribution < 1.29 is 0 Å². The lowest BCUT2D eigenvalue weighted by Crippen LogP contribution is -2.45. The van der Waals surface area contributed by atoms with E-state index in [1.165, 1.54) is 11.5 Å². The van der Waals surface area contributed by atoms with E-state index < -0.39 is 0 Å². The molecule has 0 bridgehead atoms. The van der Waals surface area contributed by atoms with E-state index >= 15 is 0 Å². The van der Waals surface area contributed by atoms with Crippen LogP contribution >= 0.6 is 11.5 Å². The predicted molar refractivity (Wildman–Crippen MR) is 67.9 cm³/mol. The van der Waals surface area contributed by atoms with Crippen LogP contribution in [0.2, 0.25) is 0 Å². The van der Waals surface area contributed by atoms with Gasteiger partial charge in [-0.3, -0.25) is 0 Å². The highest BCUT2D eigenvalue weighted by molar-refractivity contribution is 7.09. The number of aryl methyl sites for hydroxylation is 1. The zero-order valence-electron chi connectivity index (χ0n) is 10.0. The van der Waals surface area contributed by atoms with Crippen LogP contribution in [-0.4, -0.2) is 28.0 Å². The first-order valence-electron chi connectivity index (χ1n) is 6.05. The molecule has 0 radical (unpaired) electrons. The van der Waals surface area contributed by atoms with Crippen LogP contribution in [0.3, 0.4) is 0 Å². The van der Waals surface area contributed by atoms with E-state index in [1.54, 1.807) is 0 Å². The Kier molecular flexibility index (Phi) is 3.76. The summed E-state index contributed by atoms with van der Waals surface area (Å²) in [6.45, 7) is 5.40. The maximum Gasteiger partial charge on any atom is 0.205 e.